The molecule has 0 aliphatic heterocycles. The lowest BCUT2D eigenvalue weighted by molar-refractivity contribution is 0.135. The molecule has 5 nitrogen and oxygen atoms in total. The molecule has 1 N–H and O–H groups in total. The van der Waals surface area contributed by atoms with Gasteiger partial charge in [-0.05, 0) is 18.4 Å². The second kappa shape index (κ2) is 7.89. The first-order valence-corrected chi connectivity index (χ1v) is 8.61. The van der Waals surface area contributed by atoms with Crippen molar-refractivity contribution in [3.63, 3.8) is 0 Å². The van der Waals surface area contributed by atoms with Crippen LogP contribution in [0.5, 0.6) is 0 Å². The zero-order chi connectivity index (χ0) is 15.0. The van der Waals surface area contributed by atoms with Gasteiger partial charge in [-0.1, -0.05) is 37.3 Å². The summed E-state index contributed by atoms with van der Waals surface area (Å²) in [5.74, 6) is 0.0600. The predicted octanol–water partition coefficient (Wildman–Crippen LogP) is 2.13. The molecule has 0 saturated heterocycles. The number of rotatable bonds is 7. The monoisotopic (exact) mass is 299 g/mol. The van der Waals surface area contributed by atoms with Crippen molar-refractivity contribution in [2.75, 3.05) is 12.0 Å². The number of ether oxygens (including phenoxy) is 1. The van der Waals surface area contributed by atoms with Gasteiger partial charge in [-0.2, -0.15) is 0 Å². The maximum absolute atomic E-state index is 11.6. The van der Waals surface area contributed by atoms with Crippen LogP contribution in [0.1, 0.15) is 25.3 Å². The molecule has 0 radical (unpaired) electrons. The Morgan fingerprint density at radius 1 is 1.30 bits per heavy atom. The summed E-state index contributed by atoms with van der Waals surface area (Å²) in [4.78, 5) is 11.6. The number of carbonyl (C=O) groups excluding carboxylic acids is 1. The smallest absolute Gasteiger partial charge is 0.407 e. The highest BCUT2D eigenvalue weighted by molar-refractivity contribution is 7.90. The van der Waals surface area contributed by atoms with Crippen LogP contribution in [0.15, 0.2) is 30.3 Å². The molecule has 1 atom stereocenters. The van der Waals surface area contributed by atoms with Crippen LogP contribution in [0.3, 0.4) is 0 Å². The van der Waals surface area contributed by atoms with Gasteiger partial charge in [0.05, 0.1) is 5.75 Å². The van der Waals surface area contributed by atoms with Crippen molar-refractivity contribution >= 4 is 15.9 Å². The standard InChI is InChI=1S/C14H21NO4S/c1-3-13(9-10-20(2,17)18)15-14(16)19-11-12-7-5-4-6-8-12/h4-8,13H,3,9-11H2,1-2H3,(H,15,16). The van der Waals surface area contributed by atoms with E-state index in [2.05, 4.69) is 5.32 Å². The number of benzene rings is 1. The SMILES string of the molecule is CCC(CCS(C)(=O)=O)NC(=O)OCc1ccccc1. The third kappa shape index (κ3) is 7.13. The minimum absolute atomic E-state index is 0.0600. The molecule has 0 spiro atoms. The number of sulfone groups is 1. The molecule has 20 heavy (non-hydrogen) atoms. The molecule has 0 fully saturated rings. The molecule has 0 aromatic heterocycles. The van der Waals surface area contributed by atoms with E-state index in [0.29, 0.717) is 12.8 Å². The van der Waals surface area contributed by atoms with Gasteiger partial charge in [0.1, 0.15) is 16.4 Å². The summed E-state index contributed by atoms with van der Waals surface area (Å²) in [6.45, 7) is 2.10. The first-order valence-electron chi connectivity index (χ1n) is 6.55. The number of hydrogen-bond donors (Lipinski definition) is 1. The predicted molar refractivity (Wildman–Crippen MR) is 78.2 cm³/mol. The highest BCUT2D eigenvalue weighted by atomic mass is 32.2. The molecule has 0 bridgehead atoms. The Labute approximate surface area is 120 Å². The molecule has 1 rings (SSSR count). The topological polar surface area (TPSA) is 72.5 Å². The molecule has 0 heterocycles. The van der Waals surface area contributed by atoms with Gasteiger partial charge in [0.25, 0.3) is 0 Å². The summed E-state index contributed by atoms with van der Waals surface area (Å²) in [6.07, 6.45) is 1.73. The molecule has 1 amide bonds. The number of alkyl carbamates (subject to hydrolysis) is 1. The molecule has 112 valence electrons. The van der Waals surface area contributed by atoms with E-state index < -0.39 is 15.9 Å². The molecule has 1 unspecified atom stereocenters. The van der Waals surface area contributed by atoms with Crippen LogP contribution in [0.4, 0.5) is 4.79 Å². The van der Waals surface area contributed by atoms with Gasteiger partial charge in [0, 0.05) is 12.3 Å². The van der Waals surface area contributed by atoms with Crippen molar-refractivity contribution in [3.8, 4) is 0 Å². The third-order valence-electron chi connectivity index (χ3n) is 2.86. The third-order valence-corrected chi connectivity index (χ3v) is 3.84. The highest BCUT2D eigenvalue weighted by Gasteiger charge is 2.14. The van der Waals surface area contributed by atoms with Gasteiger partial charge in [0.2, 0.25) is 0 Å². The minimum Gasteiger partial charge on any atom is -0.445 e. The quantitative estimate of drug-likeness (QED) is 0.837. The molecule has 0 aliphatic rings. The first-order chi connectivity index (χ1) is 9.40. The molecule has 1 aromatic carbocycles. The van der Waals surface area contributed by atoms with Crippen LogP contribution in [0, 0.1) is 0 Å². The average molecular weight is 299 g/mol. The average Bonchev–Trinajstić information content (AvgIpc) is 2.41. The summed E-state index contributed by atoms with van der Waals surface area (Å²) in [6, 6.07) is 9.19. The fourth-order valence-electron chi connectivity index (χ4n) is 1.67. The van der Waals surface area contributed by atoms with E-state index in [1.165, 1.54) is 6.26 Å². The zero-order valence-corrected chi connectivity index (χ0v) is 12.7. The molecular formula is C14H21NO4S. The Morgan fingerprint density at radius 3 is 2.50 bits per heavy atom. The summed E-state index contributed by atoms with van der Waals surface area (Å²) in [5, 5.41) is 2.68. The van der Waals surface area contributed by atoms with E-state index >= 15 is 0 Å². The molecule has 0 saturated carbocycles. The fraction of sp³-hybridized carbons (Fsp3) is 0.500. The van der Waals surface area contributed by atoms with E-state index in [-0.39, 0.29) is 18.4 Å². The van der Waals surface area contributed by atoms with Crippen molar-refractivity contribution in [1.29, 1.82) is 0 Å². The van der Waals surface area contributed by atoms with Crippen LogP contribution in [0.2, 0.25) is 0 Å². The second-order valence-corrected chi connectivity index (χ2v) is 6.99. The lowest BCUT2D eigenvalue weighted by Gasteiger charge is -2.16. The summed E-state index contributed by atoms with van der Waals surface area (Å²) >= 11 is 0. The Balaban J connectivity index is 2.36. The maximum Gasteiger partial charge on any atom is 0.407 e. The van der Waals surface area contributed by atoms with E-state index in [0.717, 1.165) is 5.56 Å². The Morgan fingerprint density at radius 2 is 1.95 bits per heavy atom. The van der Waals surface area contributed by atoms with Crippen molar-refractivity contribution < 1.29 is 17.9 Å². The van der Waals surface area contributed by atoms with Gasteiger partial charge >= 0.3 is 6.09 Å². The second-order valence-electron chi connectivity index (χ2n) is 4.73. The minimum atomic E-state index is -3.01. The maximum atomic E-state index is 11.6. The van der Waals surface area contributed by atoms with Crippen LogP contribution in [-0.4, -0.2) is 32.6 Å². The highest BCUT2D eigenvalue weighted by Crippen LogP contribution is 2.03. The zero-order valence-electron chi connectivity index (χ0n) is 11.8. The van der Waals surface area contributed by atoms with Crippen molar-refractivity contribution in [2.45, 2.75) is 32.4 Å². The van der Waals surface area contributed by atoms with Crippen LogP contribution in [0.25, 0.3) is 0 Å². The van der Waals surface area contributed by atoms with E-state index in [4.69, 9.17) is 4.74 Å². The Kier molecular flexibility index (Phi) is 6.51. The van der Waals surface area contributed by atoms with E-state index in [9.17, 15) is 13.2 Å². The summed E-state index contributed by atoms with van der Waals surface area (Å²) in [7, 11) is -3.01. The summed E-state index contributed by atoms with van der Waals surface area (Å²) in [5.41, 5.74) is 0.909. The van der Waals surface area contributed by atoms with Crippen molar-refractivity contribution in [3.05, 3.63) is 35.9 Å². The molecule has 1 aromatic rings. The normalized spacial score (nSPS) is 12.7. The largest absolute Gasteiger partial charge is 0.445 e. The number of carbonyl (C=O) groups is 1. The number of nitrogens with one attached hydrogen (secondary N) is 1. The molecule has 0 aliphatic carbocycles. The van der Waals surface area contributed by atoms with E-state index in [1.807, 2.05) is 37.3 Å². The van der Waals surface area contributed by atoms with Gasteiger partial charge in [-0.15, -0.1) is 0 Å². The number of hydrogen-bond acceptors (Lipinski definition) is 4. The van der Waals surface area contributed by atoms with Gasteiger partial charge in [0.15, 0.2) is 0 Å². The first kappa shape index (κ1) is 16.5. The van der Waals surface area contributed by atoms with E-state index in [1.54, 1.807) is 0 Å². The van der Waals surface area contributed by atoms with Gasteiger partial charge in [-0.3, -0.25) is 0 Å². The molecule has 6 heteroatoms. The van der Waals surface area contributed by atoms with Gasteiger partial charge < -0.3 is 10.1 Å². The van der Waals surface area contributed by atoms with Crippen molar-refractivity contribution in [1.82, 2.24) is 5.32 Å². The van der Waals surface area contributed by atoms with Gasteiger partial charge in [-0.25, -0.2) is 13.2 Å². The lowest BCUT2D eigenvalue weighted by atomic mass is 10.2. The number of amides is 1. The summed E-state index contributed by atoms with van der Waals surface area (Å²) < 4.78 is 27.3. The van der Waals surface area contributed by atoms with Crippen molar-refractivity contribution in [2.24, 2.45) is 0 Å². The Bertz CT molecular complexity index is 513. The van der Waals surface area contributed by atoms with Crippen LogP contribution < -0.4 is 5.32 Å². The lowest BCUT2D eigenvalue weighted by Crippen LogP contribution is -2.36. The molecular weight excluding hydrogens is 278 g/mol. The Hall–Kier alpha value is -1.56. The van der Waals surface area contributed by atoms with Crippen LogP contribution >= 0.6 is 0 Å². The van der Waals surface area contributed by atoms with Crippen LogP contribution in [-0.2, 0) is 21.2 Å². The fourth-order valence-corrected chi connectivity index (χ4v) is 2.38.